The molecule has 292 valence electrons. The lowest BCUT2D eigenvalue weighted by Crippen LogP contribution is -2.48. The lowest BCUT2D eigenvalue weighted by molar-refractivity contribution is -0.136. The fraction of sp³-hybridized carbons (Fsp3) is 0.953. The monoisotopic (exact) mass is 693 g/mol. The van der Waals surface area contributed by atoms with Crippen molar-refractivity contribution in [3.05, 3.63) is 0 Å². The maximum absolute atomic E-state index is 13.9. The lowest BCUT2D eigenvalue weighted by Gasteiger charge is -2.33. The average molecular weight is 693 g/mol. The van der Waals surface area contributed by atoms with Gasteiger partial charge in [0.25, 0.3) is 0 Å². The Morgan fingerprint density at radius 3 is 1.33 bits per heavy atom. The number of nitrogens with one attached hydrogen (secondary N) is 1. The average Bonchev–Trinajstić information content (AvgIpc) is 3.08. The Balaban J connectivity index is 5.54. The summed E-state index contributed by atoms with van der Waals surface area (Å²) in [6, 6.07) is -0.0141. The van der Waals surface area contributed by atoms with Crippen molar-refractivity contribution in [3.63, 3.8) is 0 Å². The Labute approximate surface area is 307 Å². The standard InChI is InChI=1S/C43H88N4O2/c1-7-11-15-19-23-25-29-34-41(47(39-33-36-45(5)6)43(49)35-30-26-24-20-16-12-8-2)40-42(48)44-46(37-31-27-21-17-13-9-3)38-32-28-22-18-14-10-4/h41H,7-40H2,1-6H3,(H,44,48). The van der Waals surface area contributed by atoms with E-state index in [1.165, 1.54) is 135 Å². The van der Waals surface area contributed by atoms with Gasteiger partial charge in [0.05, 0.1) is 0 Å². The van der Waals surface area contributed by atoms with Gasteiger partial charge in [-0.2, -0.15) is 0 Å². The van der Waals surface area contributed by atoms with Crippen molar-refractivity contribution in [3.8, 4) is 0 Å². The molecule has 0 heterocycles. The van der Waals surface area contributed by atoms with Gasteiger partial charge in [0, 0.05) is 38.5 Å². The van der Waals surface area contributed by atoms with Crippen molar-refractivity contribution < 1.29 is 9.59 Å². The molecule has 6 heteroatoms. The number of hydrogen-bond acceptors (Lipinski definition) is 4. The third-order valence-electron chi connectivity index (χ3n) is 10.2. The third-order valence-corrected chi connectivity index (χ3v) is 10.2. The lowest BCUT2D eigenvalue weighted by atomic mass is 10.00. The smallest absolute Gasteiger partial charge is 0.236 e. The molecule has 0 rings (SSSR count). The molecule has 0 aliphatic carbocycles. The SMILES string of the molecule is CCCCCCCCCC(=O)N(CCCN(C)C)C(CCCCCCCCC)CC(=O)NN(CCCCCCCC)CCCCCCCC. The molecule has 0 saturated carbocycles. The molecule has 1 unspecified atom stereocenters. The quantitative estimate of drug-likeness (QED) is 0.0517. The summed E-state index contributed by atoms with van der Waals surface area (Å²) >= 11 is 0. The van der Waals surface area contributed by atoms with Crippen LogP contribution in [0.5, 0.6) is 0 Å². The second kappa shape index (κ2) is 36.6. The van der Waals surface area contributed by atoms with E-state index >= 15 is 0 Å². The highest BCUT2D eigenvalue weighted by atomic mass is 16.2. The molecule has 6 nitrogen and oxygen atoms in total. The summed E-state index contributed by atoms with van der Waals surface area (Å²) in [6.07, 6.45) is 35.3. The topological polar surface area (TPSA) is 55.9 Å². The summed E-state index contributed by atoms with van der Waals surface area (Å²) in [4.78, 5) is 32.0. The minimum Gasteiger partial charge on any atom is -0.339 e. The molecule has 1 atom stereocenters. The molecule has 0 spiro atoms. The molecular formula is C43H88N4O2. The Bertz CT molecular complexity index is 700. The van der Waals surface area contributed by atoms with Crippen LogP contribution in [0.3, 0.4) is 0 Å². The molecule has 0 aromatic carbocycles. The van der Waals surface area contributed by atoms with Crippen molar-refractivity contribution >= 4 is 11.8 Å². The summed E-state index contributed by atoms with van der Waals surface area (Å²) in [5.41, 5.74) is 3.37. The highest BCUT2D eigenvalue weighted by Gasteiger charge is 2.26. The Morgan fingerprint density at radius 2 is 0.878 bits per heavy atom. The first kappa shape index (κ1) is 47.9. The van der Waals surface area contributed by atoms with Crippen molar-refractivity contribution in [1.29, 1.82) is 0 Å². The highest BCUT2D eigenvalue weighted by molar-refractivity contribution is 5.79. The van der Waals surface area contributed by atoms with Crippen LogP contribution in [0.15, 0.2) is 0 Å². The van der Waals surface area contributed by atoms with Crippen molar-refractivity contribution in [2.24, 2.45) is 0 Å². The van der Waals surface area contributed by atoms with Gasteiger partial charge in [-0.05, 0) is 52.7 Å². The molecule has 0 saturated heterocycles. The van der Waals surface area contributed by atoms with Crippen LogP contribution in [0.2, 0.25) is 0 Å². The Kier molecular flexibility index (Phi) is 35.8. The summed E-state index contributed by atoms with van der Waals surface area (Å²) in [5, 5.41) is 2.23. The van der Waals surface area contributed by atoms with Gasteiger partial charge in [0.15, 0.2) is 0 Å². The van der Waals surface area contributed by atoms with E-state index in [2.05, 4.69) is 62.0 Å². The summed E-state index contributed by atoms with van der Waals surface area (Å²) in [5.74, 6) is 0.371. The third kappa shape index (κ3) is 31.3. The van der Waals surface area contributed by atoms with E-state index in [0.29, 0.717) is 12.8 Å². The van der Waals surface area contributed by atoms with Gasteiger partial charge < -0.3 is 9.80 Å². The van der Waals surface area contributed by atoms with Gasteiger partial charge in [-0.1, -0.05) is 175 Å². The fourth-order valence-corrected chi connectivity index (χ4v) is 6.98. The maximum atomic E-state index is 13.9. The number of hydrogen-bond donors (Lipinski definition) is 1. The van der Waals surface area contributed by atoms with Gasteiger partial charge in [-0.25, -0.2) is 5.01 Å². The second-order valence-corrected chi connectivity index (χ2v) is 15.4. The molecule has 0 aliphatic heterocycles. The predicted octanol–water partition coefficient (Wildman–Crippen LogP) is 11.9. The van der Waals surface area contributed by atoms with Crippen LogP contribution in [-0.2, 0) is 9.59 Å². The number of nitrogens with zero attached hydrogens (tertiary/aromatic N) is 3. The predicted molar refractivity (Wildman–Crippen MR) is 215 cm³/mol. The number of carbonyl (C=O) groups excluding carboxylic acids is 2. The van der Waals surface area contributed by atoms with Gasteiger partial charge in [-0.15, -0.1) is 0 Å². The van der Waals surface area contributed by atoms with Crippen LogP contribution in [0.1, 0.15) is 220 Å². The largest absolute Gasteiger partial charge is 0.339 e. The van der Waals surface area contributed by atoms with E-state index < -0.39 is 0 Å². The van der Waals surface area contributed by atoms with Crippen LogP contribution in [-0.4, -0.2) is 72.9 Å². The maximum Gasteiger partial charge on any atom is 0.236 e. The molecule has 0 aliphatic rings. The zero-order chi connectivity index (χ0) is 36.2. The second-order valence-electron chi connectivity index (χ2n) is 15.4. The van der Waals surface area contributed by atoms with Crippen molar-refractivity contribution in [2.75, 3.05) is 40.3 Å². The fourth-order valence-electron chi connectivity index (χ4n) is 6.98. The van der Waals surface area contributed by atoms with Gasteiger partial charge >= 0.3 is 0 Å². The van der Waals surface area contributed by atoms with E-state index in [0.717, 1.165) is 71.1 Å². The zero-order valence-electron chi connectivity index (χ0n) is 34.3. The number of rotatable bonds is 38. The first-order valence-corrected chi connectivity index (χ1v) is 21.9. The molecule has 49 heavy (non-hydrogen) atoms. The normalized spacial score (nSPS) is 12.2. The van der Waals surface area contributed by atoms with Crippen molar-refractivity contribution in [2.45, 2.75) is 226 Å². The van der Waals surface area contributed by atoms with Crippen molar-refractivity contribution in [1.82, 2.24) is 20.2 Å². The number of carbonyl (C=O) groups is 2. The van der Waals surface area contributed by atoms with E-state index in [-0.39, 0.29) is 17.9 Å². The summed E-state index contributed by atoms with van der Waals surface area (Å²) in [7, 11) is 4.22. The molecular weight excluding hydrogens is 604 g/mol. The Morgan fingerprint density at radius 1 is 0.469 bits per heavy atom. The van der Waals surface area contributed by atoms with Crippen LogP contribution in [0.4, 0.5) is 0 Å². The Hall–Kier alpha value is -1.14. The zero-order valence-corrected chi connectivity index (χ0v) is 34.3. The van der Waals surface area contributed by atoms with Gasteiger partial charge in [0.1, 0.15) is 0 Å². The van der Waals surface area contributed by atoms with Crippen LogP contribution < -0.4 is 5.43 Å². The molecule has 0 fully saturated rings. The van der Waals surface area contributed by atoms with Gasteiger partial charge in [-0.3, -0.25) is 15.0 Å². The van der Waals surface area contributed by atoms with Gasteiger partial charge in [0.2, 0.25) is 11.8 Å². The van der Waals surface area contributed by atoms with E-state index in [1.807, 2.05) is 0 Å². The molecule has 0 radical (unpaired) electrons. The van der Waals surface area contributed by atoms with Crippen LogP contribution in [0, 0.1) is 0 Å². The minimum atomic E-state index is -0.0141. The minimum absolute atomic E-state index is 0.0141. The van der Waals surface area contributed by atoms with Crippen LogP contribution in [0.25, 0.3) is 0 Å². The van der Waals surface area contributed by atoms with E-state index in [4.69, 9.17) is 0 Å². The molecule has 0 bridgehead atoms. The van der Waals surface area contributed by atoms with E-state index in [1.54, 1.807) is 0 Å². The highest BCUT2D eigenvalue weighted by Crippen LogP contribution is 2.19. The summed E-state index contributed by atoms with van der Waals surface area (Å²) in [6.45, 7) is 12.6. The number of hydrazine groups is 1. The van der Waals surface area contributed by atoms with E-state index in [9.17, 15) is 9.59 Å². The summed E-state index contributed by atoms with van der Waals surface area (Å²) < 4.78 is 0. The molecule has 0 aromatic rings. The first-order chi connectivity index (χ1) is 23.9. The number of amides is 2. The number of unbranched alkanes of at least 4 members (excludes halogenated alkanes) is 22. The van der Waals surface area contributed by atoms with Crippen LogP contribution >= 0.6 is 0 Å². The molecule has 0 aromatic heterocycles. The molecule has 1 N–H and O–H groups in total. The molecule has 2 amide bonds. The first-order valence-electron chi connectivity index (χ1n) is 21.9.